The van der Waals surface area contributed by atoms with Gasteiger partial charge in [0.1, 0.15) is 5.69 Å². The first-order valence-electron chi connectivity index (χ1n) is 6.79. The molecule has 1 aliphatic carbocycles. The molecule has 0 saturated heterocycles. The molecule has 0 spiro atoms. The van der Waals surface area contributed by atoms with Crippen LogP contribution in [0.1, 0.15) is 39.0 Å². The zero-order valence-corrected chi connectivity index (χ0v) is 11.4. The molecule has 1 N–H and O–H groups in total. The van der Waals surface area contributed by atoms with E-state index in [1.54, 1.807) is 0 Å². The zero-order chi connectivity index (χ0) is 14.8. The largest absolute Gasteiger partial charge is 0.380 e. The minimum Gasteiger partial charge on any atom is -0.380 e. The molecule has 0 radical (unpaired) electrons. The number of nitro benzene ring substituents is 1. The molecule has 0 amide bonds. The van der Waals surface area contributed by atoms with Gasteiger partial charge in [-0.25, -0.2) is 8.78 Å². The summed E-state index contributed by atoms with van der Waals surface area (Å²) < 4.78 is 27.5. The van der Waals surface area contributed by atoms with Crippen LogP contribution in [0.25, 0.3) is 0 Å². The predicted molar refractivity (Wildman–Crippen MR) is 72.7 cm³/mol. The van der Waals surface area contributed by atoms with Crippen LogP contribution in [-0.4, -0.2) is 11.5 Å². The Balaban J connectivity index is 2.11. The molecule has 1 saturated carbocycles. The summed E-state index contributed by atoms with van der Waals surface area (Å²) >= 11 is 0. The molecule has 110 valence electrons. The molecule has 1 aromatic rings. The summed E-state index contributed by atoms with van der Waals surface area (Å²) in [5, 5.41) is 13.3. The lowest BCUT2D eigenvalue weighted by molar-refractivity contribution is -0.385. The molecule has 0 heterocycles. The van der Waals surface area contributed by atoms with Crippen LogP contribution < -0.4 is 5.32 Å². The van der Waals surface area contributed by atoms with Gasteiger partial charge in [0, 0.05) is 6.54 Å². The van der Waals surface area contributed by atoms with Gasteiger partial charge in [-0.2, -0.15) is 0 Å². The highest BCUT2D eigenvalue weighted by atomic mass is 19.1. The number of nitrogens with zero attached hydrogens (tertiary/aromatic N) is 1. The number of nitro groups is 1. The Kier molecular flexibility index (Phi) is 4.20. The van der Waals surface area contributed by atoms with Crippen molar-refractivity contribution in [1.29, 1.82) is 0 Å². The minimum absolute atomic E-state index is 0.0267. The number of non-ortho nitro benzene ring substituents is 1. The molecule has 6 heteroatoms. The molecule has 0 aromatic heterocycles. The molecule has 1 aromatic carbocycles. The average Bonchev–Trinajstić information content (AvgIpc) is 2.38. The van der Waals surface area contributed by atoms with E-state index in [2.05, 4.69) is 12.2 Å². The van der Waals surface area contributed by atoms with Crippen LogP contribution >= 0.6 is 0 Å². The first-order valence-corrected chi connectivity index (χ1v) is 6.79. The lowest BCUT2D eigenvalue weighted by Gasteiger charge is -2.34. The number of hydrogen-bond donors (Lipinski definition) is 1. The number of hydrogen-bond acceptors (Lipinski definition) is 3. The SMILES string of the molecule is CC1(CNc2c(F)cc([N+](=O)[O-])cc2F)CCCCC1. The Labute approximate surface area is 116 Å². The second kappa shape index (κ2) is 5.73. The van der Waals surface area contributed by atoms with Crippen molar-refractivity contribution in [2.45, 2.75) is 39.0 Å². The van der Waals surface area contributed by atoms with E-state index in [0.717, 1.165) is 37.8 Å². The molecule has 2 rings (SSSR count). The van der Waals surface area contributed by atoms with Crippen molar-refractivity contribution >= 4 is 11.4 Å². The van der Waals surface area contributed by atoms with Gasteiger partial charge in [-0.15, -0.1) is 0 Å². The fourth-order valence-corrected chi connectivity index (χ4v) is 2.72. The molecule has 0 unspecified atom stereocenters. The van der Waals surface area contributed by atoms with Gasteiger partial charge in [0.05, 0.1) is 17.1 Å². The van der Waals surface area contributed by atoms with E-state index in [1.165, 1.54) is 6.42 Å². The van der Waals surface area contributed by atoms with Gasteiger partial charge in [-0.05, 0) is 18.3 Å². The maximum atomic E-state index is 13.7. The van der Waals surface area contributed by atoms with Gasteiger partial charge in [0.2, 0.25) is 0 Å². The van der Waals surface area contributed by atoms with E-state index >= 15 is 0 Å². The molecule has 0 bridgehead atoms. The predicted octanol–water partition coefficient (Wildman–Crippen LogP) is 4.26. The molecule has 0 aliphatic heterocycles. The third-order valence-electron chi connectivity index (χ3n) is 3.99. The third-order valence-corrected chi connectivity index (χ3v) is 3.99. The highest BCUT2D eigenvalue weighted by Crippen LogP contribution is 2.36. The van der Waals surface area contributed by atoms with E-state index in [0.29, 0.717) is 6.54 Å². The summed E-state index contributed by atoms with van der Waals surface area (Å²) in [4.78, 5) is 9.72. The summed E-state index contributed by atoms with van der Waals surface area (Å²) in [7, 11) is 0. The van der Waals surface area contributed by atoms with Crippen molar-refractivity contribution in [3.8, 4) is 0 Å². The monoisotopic (exact) mass is 284 g/mol. The van der Waals surface area contributed by atoms with Crippen molar-refractivity contribution in [3.63, 3.8) is 0 Å². The minimum atomic E-state index is -0.920. The van der Waals surface area contributed by atoms with Gasteiger partial charge in [-0.1, -0.05) is 26.2 Å². The summed E-state index contributed by atoms with van der Waals surface area (Å²) in [6.45, 7) is 2.57. The van der Waals surface area contributed by atoms with Crippen molar-refractivity contribution in [2.75, 3.05) is 11.9 Å². The summed E-state index contributed by atoms with van der Waals surface area (Å²) in [6, 6.07) is 1.49. The molecule has 1 aliphatic rings. The molecule has 20 heavy (non-hydrogen) atoms. The molecule has 1 fully saturated rings. The van der Waals surface area contributed by atoms with Gasteiger partial charge >= 0.3 is 0 Å². The number of nitrogens with one attached hydrogen (secondary N) is 1. The number of halogens is 2. The average molecular weight is 284 g/mol. The Bertz CT molecular complexity index is 491. The molecular weight excluding hydrogens is 266 g/mol. The summed E-state index contributed by atoms with van der Waals surface area (Å²) in [5.74, 6) is -1.84. The van der Waals surface area contributed by atoms with Gasteiger partial charge < -0.3 is 5.32 Å². The number of anilines is 1. The lowest BCUT2D eigenvalue weighted by Crippen LogP contribution is -2.29. The van der Waals surface area contributed by atoms with E-state index in [4.69, 9.17) is 0 Å². The van der Waals surface area contributed by atoms with Crippen LogP contribution in [0.3, 0.4) is 0 Å². The van der Waals surface area contributed by atoms with Crippen LogP contribution in [0.15, 0.2) is 12.1 Å². The van der Waals surface area contributed by atoms with Crippen LogP contribution in [0.5, 0.6) is 0 Å². The van der Waals surface area contributed by atoms with Crippen molar-refractivity contribution in [3.05, 3.63) is 33.9 Å². The second-order valence-electron chi connectivity index (χ2n) is 5.77. The van der Waals surface area contributed by atoms with Crippen molar-refractivity contribution < 1.29 is 13.7 Å². The van der Waals surface area contributed by atoms with Gasteiger partial charge in [0.15, 0.2) is 11.6 Å². The maximum absolute atomic E-state index is 13.7. The molecule has 0 atom stereocenters. The van der Waals surface area contributed by atoms with Crippen molar-refractivity contribution in [2.24, 2.45) is 5.41 Å². The van der Waals surface area contributed by atoms with Crippen molar-refractivity contribution in [1.82, 2.24) is 0 Å². The zero-order valence-electron chi connectivity index (χ0n) is 11.4. The maximum Gasteiger partial charge on any atom is 0.275 e. The van der Waals surface area contributed by atoms with Crippen LogP contribution in [0, 0.1) is 27.2 Å². The van der Waals surface area contributed by atoms with Crippen LogP contribution in [-0.2, 0) is 0 Å². The lowest BCUT2D eigenvalue weighted by atomic mass is 9.76. The van der Waals surface area contributed by atoms with Gasteiger partial charge in [-0.3, -0.25) is 10.1 Å². The molecule has 4 nitrogen and oxygen atoms in total. The van der Waals surface area contributed by atoms with E-state index in [-0.39, 0.29) is 11.1 Å². The smallest absolute Gasteiger partial charge is 0.275 e. The first-order chi connectivity index (χ1) is 9.41. The van der Waals surface area contributed by atoms with E-state index in [9.17, 15) is 18.9 Å². The fourth-order valence-electron chi connectivity index (χ4n) is 2.72. The van der Waals surface area contributed by atoms with E-state index in [1.807, 2.05) is 0 Å². The quantitative estimate of drug-likeness (QED) is 0.664. The van der Waals surface area contributed by atoms with Gasteiger partial charge in [0.25, 0.3) is 5.69 Å². The second-order valence-corrected chi connectivity index (χ2v) is 5.77. The molecular formula is C14H18F2N2O2. The highest BCUT2D eigenvalue weighted by molar-refractivity contribution is 5.51. The normalized spacial score (nSPS) is 17.8. The first kappa shape index (κ1) is 14.7. The third kappa shape index (κ3) is 3.23. The summed E-state index contributed by atoms with van der Waals surface area (Å²) in [6.07, 6.45) is 5.51. The van der Waals surface area contributed by atoms with Crippen LogP contribution in [0.4, 0.5) is 20.2 Å². The van der Waals surface area contributed by atoms with E-state index < -0.39 is 22.2 Å². The Morgan fingerprint density at radius 2 is 1.80 bits per heavy atom. The summed E-state index contributed by atoms with van der Waals surface area (Å²) in [5.41, 5.74) is -0.823. The fraction of sp³-hybridized carbons (Fsp3) is 0.571. The Hall–Kier alpha value is -1.72. The highest BCUT2D eigenvalue weighted by Gasteiger charge is 2.27. The topological polar surface area (TPSA) is 55.2 Å². The Morgan fingerprint density at radius 1 is 1.25 bits per heavy atom. The Morgan fingerprint density at radius 3 is 2.30 bits per heavy atom. The number of benzene rings is 1. The van der Waals surface area contributed by atoms with Crippen LogP contribution in [0.2, 0.25) is 0 Å². The standard InChI is InChI=1S/C14H18F2N2O2/c1-14(5-3-2-4-6-14)9-17-13-11(15)7-10(18(19)20)8-12(13)16/h7-8,17H,2-6,9H2,1H3. The number of rotatable bonds is 4.